The van der Waals surface area contributed by atoms with Crippen molar-refractivity contribution in [3.63, 3.8) is 0 Å². The van der Waals surface area contributed by atoms with E-state index < -0.39 is 17.8 Å². The maximum Gasteiger partial charge on any atom is 0.331 e. The van der Waals surface area contributed by atoms with Gasteiger partial charge in [-0.05, 0) is 48.5 Å². The summed E-state index contributed by atoms with van der Waals surface area (Å²) in [7, 11) is 0. The van der Waals surface area contributed by atoms with Crippen LogP contribution in [0.4, 0.5) is 10.5 Å². The number of urea groups is 1. The highest BCUT2D eigenvalue weighted by Crippen LogP contribution is 2.26. The Balaban J connectivity index is 1.44. The number of furan rings is 1. The number of carbonyl (C=O) groups is 4. The van der Waals surface area contributed by atoms with Crippen molar-refractivity contribution >= 4 is 58.0 Å². The number of fused-ring (bicyclic) bond motifs is 1. The van der Waals surface area contributed by atoms with Crippen LogP contribution < -0.4 is 10.6 Å². The second-order valence-electron chi connectivity index (χ2n) is 8.07. The van der Waals surface area contributed by atoms with Crippen molar-refractivity contribution in [2.75, 3.05) is 5.32 Å². The van der Waals surface area contributed by atoms with Crippen LogP contribution in [0.5, 0.6) is 0 Å². The summed E-state index contributed by atoms with van der Waals surface area (Å²) in [5.41, 5.74) is 1.70. The van der Waals surface area contributed by atoms with Crippen LogP contribution in [-0.2, 0) is 27.5 Å². The second kappa shape index (κ2) is 9.55. The number of barbiturate groups is 1. The molecule has 0 unspecified atom stereocenters. The summed E-state index contributed by atoms with van der Waals surface area (Å²) < 4.78 is 6.96. The molecule has 1 fully saturated rings. The predicted octanol–water partition coefficient (Wildman–Crippen LogP) is 4.19. The highest BCUT2D eigenvalue weighted by Gasteiger charge is 2.36. The van der Waals surface area contributed by atoms with Crippen molar-refractivity contribution in [1.82, 2.24) is 14.8 Å². The van der Waals surface area contributed by atoms with Crippen molar-refractivity contribution in [3.05, 3.63) is 95.0 Å². The van der Waals surface area contributed by atoms with Gasteiger partial charge in [-0.25, -0.2) is 4.79 Å². The fraction of sp³-hybridized carbons (Fsp3) is 0.0769. The van der Waals surface area contributed by atoms with Crippen LogP contribution in [0.2, 0.25) is 5.02 Å². The van der Waals surface area contributed by atoms with E-state index in [0.717, 1.165) is 15.8 Å². The summed E-state index contributed by atoms with van der Waals surface area (Å²) in [4.78, 5) is 51.5. The quantitative estimate of drug-likeness (QED) is 0.303. The normalized spacial score (nSPS) is 15.0. The van der Waals surface area contributed by atoms with Crippen LogP contribution in [0.15, 0.2) is 83.1 Å². The SMILES string of the molecule is O=C(Cn1cc(/C=C2\C(=O)NC(=O)N(Cc3ccco3)C2=O)c2ccccc21)Nc1ccc(Cl)cc1. The second-order valence-corrected chi connectivity index (χ2v) is 8.51. The van der Waals surface area contributed by atoms with Gasteiger partial charge in [-0.1, -0.05) is 29.8 Å². The summed E-state index contributed by atoms with van der Waals surface area (Å²) in [5.74, 6) is -1.40. The zero-order chi connectivity index (χ0) is 25.2. The molecule has 0 saturated carbocycles. The molecule has 180 valence electrons. The maximum atomic E-state index is 13.1. The molecule has 1 saturated heterocycles. The van der Waals surface area contributed by atoms with E-state index >= 15 is 0 Å². The highest BCUT2D eigenvalue weighted by atomic mass is 35.5. The molecule has 1 aliphatic rings. The van der Waals surface area contributed by atoms with Gasteiger partial charge in [0.05, 0.1) is 12.8 Å². The number of imide groups is 2. The molecule has 2 aromatic heterocycles. The zero-order valence-corrected chi connectivity index (χ0v) is 19.5. The number of nitrogens with one attached hydrogen (secondary N) is 2. The summed E-state index contributed by atoms with van der Waals surface area (Å²) >= 11 is 5.90. The first kappa shape index (κ1) is 23.1. The van der Waals surface area contributed by atoms with E-state index in [1.165, 1.54) is 12.3 Å². The van der Waals surface area contributed by atoms with Gasteiger partial charge in [0.15, 0.2) is 0 Å². The first-order valence-corrected chi connectivity index (χ1v) is 11.3. The van der Waals surface area contributed by atoms with Crippen LogP contribution in [0.1, 0.15) is 11.3 Å². The fourth-order valence-electron chi connectivity index (χ4n) is 3.96. The Morgan fingerprint density at radius 2 is 1.81 bits per heavy atom. The molecule has 9 nitrogen and oxygen atoms in total. The van der Waals surface area contributed by atoms with Crippen molar-refractivity contribution in [3.8, 4) is 0 Å². The first-order chi connectivity index (χ1) is 17.4. The Morgan fingerprint density at radius 1 is 1.03 bits per heavy atom. The average molecular weight is 503 g/mol. The minimum absolute atomic E-state index is 0.00440. The first-order valence-electron chi connectivity index (χ1n) is 10.9. The van der Waals surface area contributed by atoms with Crippen LogP contribution in [0.25, 0.3) is 17.0 Å². The van der Waals surface area contributed by atoms with E-state index in [1.54, 1.807) is 47.2 Å². The van der Waals surface area contributed by atoms with E-state index in [2.05, 4.69) is 10.6 Å². The largest absolute Gasteiger partial charge is 0.467 e. The number of hydrogen-bond donors (Lipinski definition) is 2. The van der Waals surface area contributed by atoms with Gasteiger partial charge in [0, 0.05) is 33.4 Å². The third-order valence-electron chi connectivity index (χ3n) is 5.64. The summed E-state index contributed by atoms with van der Waals surface area (Å²) in [6, 6.07) is 16.5. The molecule has 10 heteroatoms. The molecular weight excluding hydrogens is 484 g/mol. The Morgan fingerprint density at radius 3 is 2.56 bits per heavy atom. The van der Waals surface area contributed by atoms with E-state index in [0.29, 0.717) is 22.0 Å². The highest BCUT2D eigenvalue weighted by molar-refractivity contribution is 6.31. The topological polar surface area (TPSA) is 114 Å². The maximum absolute atomic E-state index is 13.1. The van der Waals surface area contributed by atoms with E-state index in [-0.39, 0.29) is 24.6 Å². The molecule has 3 heterocycles. The summed E-state index contributed by atoms with van der Waals surface area (Å²) in [5, 5.41) is 6.31. The van der Waals surface area contributed by atoms with Crippen LogP contribution in [0, 0.1) is 0 Å². The Hall–Kier alpha value is -4.63. The minimum atomic E-state index is -0.820. The third-order valence-corrected chi connectivity index (χ3v) is 5.89. The van der Waals surface area contributed by atoms with Gasteiger partial charge >= 0.3 is 6.03 Å². The number of rotatable bonds is 6. The molecule has 4 aromatic rings. The smallest absolute Gasteiger partial charge is 0.331 e. The number of amides is 5. The number of para-hydroxylation sites is 1. The molecular formula is C26H19ClN4O5. The van der Waals surface area contributed by atoms with Gasteiger partial charge in [-0.2, -0.15) is 0 Å². The van der Waals surface area contributed by atoms with Gasteiger partial charge in [0.25, 0.3) is 11.8 Å². The van der Waals surface area contributed by atoms with Gasteiger partial charge < -0.3 is 14.3 Å². The van der Waals surface area contributed by atoms with Crippen LogP contribution >= 0.6 is 11.6 Å². The summed E-state index contributed by atoms with van der Waals surface area (Å²) in [6.07, 6.45) is 4.55. The Kier molecular flexibility index (Phi) is 6.14. The lowest BCUT2D eigenvalue weighted by molar-refractivity contribution is -0.130. The molecule has 2 aromatic carbocycles. The molecule has 0 radical (unpaired) electrons. The molecule has 0 spiro atoms. The monoisotopic (exact) mass is 502 g/mol. The number of nitrogens with zero attached hydrogens (tertiary/aromatic N) is 2. The molecule has 1 aliphatic heterocycles. The average Bonchev–Trinajstić information content (AvgIpc) is 3.49. The van der Waals surface area contributed by atoms with Crippen molar-refractivity contribution < 1.29 is 23.6 Å². The van der Waals surface area contributed by atoms with Gasteiger partial charge in [0.2, 0.25) is 5.91 Å². The van der Waals surface area contributed by atoms with Crippen molar-refractivity contribution in [1.29, 1.82) is 0 Å². The van der Waals surface area contributed by atoms with Crippen LogP contribution in [-0.4, -0.2) is 33.2 Å². The van der Waals surface area contributed by atoms with Crippen molar-refractivity contribution in [2.45, 2.75) is 13.1 Å². The van der Waals surface area contributed by atoms with E-state index in [4.69, 9.17) is 16.0 Å². The van der Waals surface area contributed by atoms with Gasteiger partial charge in [-0.3, -0.25) is 24.6 Å². The van der Waals surface area contributed by atoms with Gasteiger partial charge in [0.1, 0.15) is 17.9 Å². The summed E-state index contributed by atoms with van der Waals surface area (Å²) in [6.45, 7) is -0.121. The lowest BCUT2D eigenvalue weighted by Crippen LogP contribution is -2.53. The number of carbonyl (C=O) groups excluding carboxylic acids is 4. The fourth-order valence-corrected chi connectivity index (χ4v) is 4.09. The Bertz CT molecular complexity index is 1520. The minimum Gasteiger partial charge on any atom is -0.467 e. The van der Waals surface area contributed by atoms with Crippen molar-refractivity contribution in [2.24, 2.45) is 0 Å². The number of benzene rings is 2. The van der Waals surface area contributed by atoms with E-state index in [1.807, 2.05) is 24.3 Å². The molecule has 2 N–H and O–H groups in total. The number of hydrogen-bond acceptors (Lipinski definition) is 5. The zero-order valence-electron chi connectivity index (χ0n) is 18.7. The molecule has 0 aliphatic carbocycles. The van der Waals surface area contributed by atoms with Crippen LogP contribution in [0.3, 0.4) is 0 Å². The third kappa shape index (κ3) is 4.64. The standard InChI is InChI=1S/C26H19ClN4O5/c27-17-7-9-18(10-8-17)28-23(32)15-30-13-16(20-5-1-2-6-22(20)30)12-21-24(33)29-26(35)31(25(21)34)14-19-4-3-11-36-19/h1-13H,14-15H2,(H,28,32)(H,29,33,35)/b21-12+. The number of anilines is 1. The molecule has 5 rings (SSSR count). The Labute approximate surface area is 209 Å². The number of halogens is 1. The van der Waals surface area contributed by atoms with Gasteiger partial charge in [-0.15, -0.1) is 0 Å². The molecule has 0 atom stereocenters. The molecule has 0 bridgehead atoms. The van der Waals surface area contributed by atoms with E-state index in [9.17, 15) is 19.2 Å². The molecule has 5 amide bonds. The number of aromatic nitrogens is 1. The lowest BCUT2D eigenvalue weighted by Gasteiger charge is -2.25. The molecule has 36 heavy (non-hydrogen) atoms. The lowest BCUT2D eigenvalue weighted by atomic mass is 10.1. The predicted molar refractivity (Wildman–Crippen MR) is 133 cm³/mol.